The zero-order chi connectivity index (χ0) is 48.6. The van der Waals surface area contributed by atoms with Gasteiger partial charge in [0.25, 0.3) is 0 Å². The molecule has 0 heterocycles. The fraction of sp³-hybridized carbons (Fsp3) is 0.820. The van der Waals surface area contributed by atoms with Gasteiger partial charge in [-0.25, -0.2) is 0 Å². The number of rotatable bonds is 53. The van der Waals surface area contributed by atoms with Crippen LogP contribution in [0.1, 0.15) is 303 Å². The van der Waals surface area contributed by atoms with Crippen LogP contribution in [0.2, 0.25) is 0 Å². The Balaban J connectivity index is 4.35. The van der Waals surface area contributed by atoms with Crippen molar-refractivity contribution in [1.82, 2.24) is 0 Å². The third-order valence-electron chi connectivity index (χ3n) is 12.9. The average molecular weight is 940 g/mol. The Hall–Kier alpha value is -2.63. The van der Waals surface area contributed by atoms with Gasteiger partial charge in [0, 0.05) is 19.3 Å². The molecule has 0 saturated heterocycles. The van der Waals surface area contributed by atoms with E-state index in [4.69, 9.17) is 14.2 Å². The quantitative estimate of drug-likeness (QED) is 0.0199. The summed E-state index contributed by atoms with van der Waals surface area (Å²) >= 11 is 0. The average Bonchev–Trinajstić information content (AvgIpc) is 3.33. The molecule has 0 aliphatic carbocycles. The number of ether oxygens (including phenoxy) is 3. The van der Waals surface area contributed by atoms with Crippen LogP contribution in [0.3, 0.4) is 0 Å². The molecule has 6 heteroatoms. The van der Waals surface area contributed by atoms with E-state index in [9.17, 15) is 14.4 Å². The predicted octanol–water partition coefficient (Wildman–Crippen LogP) is 19.4. The summed E-state index contributed by atoms with van der Waals surface area (Å²) in [7, 11) is 0. The monoisotopic (exact) mass is 939 g/mol. The molecule has 0 aliphatic rings. The highest BCUT2D eigenvalue weighted by Crippen LogP contribution is 2.17. The zero-order valence-electron chi connectivity index (χ0n) is 44.7. The SMILES string of the molecule is CC\C=C/C=C\C=C/CCCCCCCC(=O)OCC(COC(=O)CCCCCCC/C=C\CCCCCCCCCCC)OC(=O)CCCCCCCCCCCCCCCCCCCC. The van der Waals surface area contributed by atoms with Crippen molar-refractivity contribution in [2.24, 2.45) is 0 Å². The van der Waals surface area contributed by atoms with Crippen LogP contribution >= 0.6 is 0 Å². The largest absolute Gasteiger partial charge is 0.462 e. The summed E-state index contributed by atoms with van der Waals surface area (Å²) in [5, 5.41) is 0. The van der Waals surface area contributed by atoms with Crippen LogP contribution in [0.4, 0.5) is 0 Å². The van der Waals surface area contributed by atoms with Crippen LogP contribution in [0.5, 0.6) is 0 Å². The Morgan fingerprint density at radius 3 is 0.940 bits per heavy atom. The maximum absolute atomic E-state index is 12.9. The summed E-state index contributed by atoms with van der Waals surface area (Å²) in [5.41, 5.74) is 0. The second kappa shape index (κ2) is 56.0. The first-order valence-corrected chi connectivity index (χ1v) is 29.2. The Morgan fingerprint density at radius 2 is 0.597 bits per heavy atom. The molecule has 0 N–H and O–H groups in total. The minimum absolute atomic E-state index is 0.0813. The summed E-state index contributed by atoms with van der Waals surface area (Å²) in [6.07, 6.45) is 68.2. The van der Waals surface area contributed by atoms with Crippen LogP contribution in [-0.2, 0) is 28.6 Å². The fourth-order valence-corrected chi connectivity index (χ4v) is 8.50. The van der Waals surface area contributed by atoms with Crippen molar-refractivity contribution in [2.75, 3.05) is 13.2 Å². The molecule has 6 nitrogen and oxygen atoms in total. The number of carbonyl (C=O) groups excluding carboxylic acids is 3. The van der Waals surface area contributed by atoms with Crippen molar-refractivity contribution in [3.8, 4) is 0 Å². The first kappa shape index (κ1) is 64.4. The van der Waals surface area contributed by atoms with E-state index >= 15 is 0 Å². The van der Waals surface area contributed by atoms with Crippen LogP contribution < -0.4 is 0 Å². The van der Waals surface area contributed by atoms with Crippen molar-refractivity contribution in [3.63, 3.8) is 0 Å². The van der Waals surface area contributed by atoms with E-state index in [0.717, 1.165) is 89.9 Å². The first-order chi connectivity index (χ1) is 33.0. The van der Waals surface area contributed by atoms with Crippen molar-refractivity contribution in [2.45, 2.75) is 309 Å². The number of allylic oxidation sites excluding steroid dienone is 8. The lowest BCUT2D eigenvalue weighted by molar-refractivity contribution is -0.167. The highest BCUT2D eigenvalue weighted by molar-refractivity contribution is 5.71. The maximum Gasteiger partial charge on any atom is 0.306 e. The van der Waals surface area contributed by atoms with Gasteiger partial charge in [-0.05, 0) is 64.2 Å². The number of hydrogen-bond acceptors (Lipinski definition) is 6. The molecule has 0 radical (unpaired) electrons. The van der Waals surface area contributed by atoms with E-state index in [1.165, 1.54) is 173 Å². The van der Waals surface area contributed by atoms with Gasteiger partial charge >= 0.3 is 17.9 Å². The number of esters is 3. The second-order valence-electron chi connectivity index (χ2n) is 19.6. The van der Waals surface area contributed by atoms with E-state index in [-0.39, 0.29) is 31.1 Å². The third-order valence-corrected chi connectivity index (χ3v) is 12.9. The van der Waals surface area contributed by atoms with Gasteiger partial charge in [-0.3, -0.25) is 14.4 Å². The maximum atomic E-state index is 12.9. The van der Waals surface area contributed by atoms with Crippen molar-refractivity contribution < 1.29 is 28.6 Å². The van der Waals surface area contributed by atoms with Crippen LogP contribution in [0, 0.1) is 0 Å². The fourth-order valence-electron chi connectivity index (χ4n) is 8.50. The number of hydrogen-bond donors (Lipinski definition) is 0. The molecule has 0 fully saturated rings. The third kappa shape index (κ3) is 54.2. The van der Waals surface area contributed by atoms with Crippen LogP contribution in [-0.4, -0.2) is 37.2 Å². The van der Waals surface area contributed by atoms with Crippen molar-refractivity contribution in [3.05, 3.63) is 48.6 Å². The Kier molecular flexibility index (Phi) is 53.8. The lowest BCUT2D eigenvalue weighted by Gasteiger charge is -2.18. The van der Waals surface area contributed by atoms with Gasteiger partial charge in [0.2, 0.25) is 0 Å². The molecule has 0 aromatic carbocycles. The van der Waals surface area contributed by atoms with E-state index < -0.39 is 6.10 Å². The summed E-state index contributed by atoms with van der Waals surface area (Å²) in [6.45, 7) is 6.52. The van der Waals surface area contributed by atoms with Crippen molar-refractivity contribution in [1.29, 1.82) is 0 Å². The van der Waals surface area contributed by atoms with Gasteiger partial charge in [-0.2, -0.15) is 0 Å². The molecule has 0 aromatic rings. The predicted molar refractivity (Wildman–Crippen MR) is 289 cm³/mol. The van der Waals surface area contributed by atoms with Crippen molar-refractivity contribution >= 4 is 17.9 Å². The molecule has 0 saturated carbocycles. The molecule has 390 valence electrons. The van der Waals surface area contributed by atoms with Crippen LogP contribution in [0.15, 0.2) is 48.6 Å². The highest BCUT2D eigenvalue weighted by atomic mass is 16.6. The minimum atomic E-state index is -0.783. The summed E-state index contributed by atoms with van der Waals surface area (Å²) in [5.74, 6) is -0.894. The van der Waals surface area contributed by atoms with E-state index in [0.29, 0.717) is 19.3 Å². The minimum Gasteiger partial charge on any atom is -0.462 e. The van der Waals surface area contributed by atoms with E-state index in [1.807, 2.05) is 0 Å². The highest BCUT2D eigenvalue weighted by Gasteiger charge is 2.19. The first-order valence-electron chi connectivity index (χ1n) is 29.2. The smallest absolute Gasteiger partial charge is 0.306 e. The van der Waals surface area contributed by atoms with Crippen LogP contribution in [0.25, 0.3) is 0 Å². The molecular weight excluding hydrogens is 829 g/mol. The molecule has 1 atom stereocenters. The lowest BCUT2D eigenvalue weighted by Crippen LogP contribution is -2.30. The molecule has 1 unspecified atom stereocenters. The van der Waals surface area contributed by atoms with E-state index in [2.05, 4.69) is 69.4 Å². The van der Waals surface area contributed by atoms with Gasteiger partial charge in [0.05, 0.1) is 0 Å². The molecule has 0 amide bonds. The summed E-state index contributed by atoms with van der Waals surface area (Å²) < 4.78 is 16.9. The molecular formula is C61H110O6. The van der Waals surface area contributed by atoms with Gasteiger partial charge in [0.15, 0.2) is 6.10 Å². The Bertz CT molecular complexity index is 1170. The molecule has 0 rings (SSSR count). The molecule has 0 spiro atoms. The van der Waals surface area contributed by atoms with Gasteiger partial charge in [-0.15, -0.1) is 0 Å². The molecule has 0 aromatic heterocycles. The summed E-state index contributed by atoms with van der Waals surface area (Å²) in [6, 6.07) is 0. The standard InChI is InChI=1S/C61H110O6/c1-4-7-10-13-16-19-22-25-27-29-31-33-36-39-42-45-48-51-54-60(63)66-57-58(56-65-59(62)53-50-47-44-41-38-35-24-21-18-15-12-9-6-3)67-61(64)55-52-49-46-43-40-37-34-32-30-28-26-23-20-17-14-11-8-5-2/h9,12,15,18,21,24,31,33,58H,4-8,10-11,13-14,16-17,19-20,22-23,25-30,32,34-57H2,1-3H3/b12-9-,18-15-,24-21-,33-31-. The lowest BCUT2D eigenvalue weighted by atomic mass is 10.0. The van der Waals surface area contributed by atoms with Gasteiger partial charge in [-0.1, -0.05) is 268 Å². The molecule has 0 bridgehead atoms. The topological polar surface area (TPSA) is 78.9 Å². The normalized spacial score (nSPS) is 12.3. The van der Waals surface area contributed by atoms with Gasteiger partial charge in [0.1, 0.15) is 13.2 Å². The number of unbranched alkanes of at least 4 members (excludes halogenated alkanes) is 36. The Morgan fingerprint density at radius 1 is 0.313 bits per heavy atom. The second-order valence-corrected chi connectivity index (χ2v) is 19.6. The molecule has 0 aliphatic heterocycles. The zero-order valence-corrected chi connectivity index (χ0v) is 44.7. The number of carbonyl (C=O) groups is 3. The van der Waals surface area contributed by atoms with E-state index in [1.54, 1.807) is 0 Å². The van der Waals surface area contributed by atoms with Gasteiger partial charge < -0.3 is 14.2 Å². The summed E-state index contributed by atoms with van der Waals surface area (Å²) in [4.78, 5) is 38.1. The Labute approximate surface area is 416 Å². The molecule has 67 heavy (non-hydrogen) atoms.